The predicted octanol–water partition coefficient (Wildman–Crippen LogP) is 3.58. The summed E-state index contributed by atoms with van der Waals surface area (Å²) in [4.78, 5) is 17.3. The number of pyridine rings is 1. The van der Waals surface area contributed by atoms with Gasteiger partial charge >= 0.3 is 0 Å². The molecule has 2 aromatic rings. The minimum atomic E-state index is -0.259. The number of hydrogen-bond acceptors (Lipinski definition) is 3. The fraction of sp³-hybridized carbons (Fsp3) is 0.200. The van der Waals surface area contributed by atoms with Gasteiger partial charge in [-0.2, -0.15) is 0 Å². The van der Waals surface area contributed by atoms with Gasteiger partial charge in [-0.1, -0.05) is 0 Å². The average Bonchev–Trinajstić information content (AvgIpc) is 2.42. The number of carbonyl (C=O) groups is 1. The zero-order chi connectivity index (χ0) is 13.8. The van der Waals surface area contributed by atoms with Gasteiger partial charge < -0.3 is 4.90 Å². The summed E-state index contributed by atoms with van der Waals surface area (Å²) in [6.07, 6.45) is 1.66. The average molecular weight is 258 g/mol. The molecule has 0 unspecified atom stereocenters. The van der Waals surface area contributed by atoms with Crippen molar-refractivity contribution in [1.29, 1.82) is 0 Å². The monoisotopic (exact) mass is 258 g/mol. The van der Waals surface area contributed by atoms with Crippen LogP contribution in [-0.4, -0.2) is 17.3 Å². The Hall–Kier alpha value is -2.23. The van der Waals surface area contributed by atoms with Crippen LogP contribution in [0.15, 0.2) is 42.6 Å². The predicted molar refractivity (Wildman–Crippen MR) is 73.3 cm³/mol. The minimum absolute atomic E-state index is 0.0589. The molecule has 4 heteroatoms. The highest BCUT2D eigenvalue weighted by atomic mass is 19.1. The maximum atomic E-state index is 12.9. The van der Waals surface area contributed by atoms with E-state index >= 15 is 0 Å². The lowest BCUT2D eigenvalue weighted by Crippen LogP contribution is -2.16. The van der Waals surface area contributed by atoms with Crippen molar-refractivity contribution in [2.75, 3.05) is 11.4 Å². The van der Waals surface area contributed by atoms with Crippen LogP contribution < -0.4 is 4.90 Å². The summed E-state index contributed by atoms with van der Waals surface area (Å²) in [5, 5.41) is 0. The summed E-state index contributed by atoms with van der Waals surface area (Å²) < 4.78 is 12.9. The first-order valence-electron chi connectivity index (χ1n) is 6.12. The molecule has 0 atom stereocenters. The minimum Gasteiger partial charge on any atom is -0.341 e. The molecular formula is C15H15FN2O. The Bertz CT molecular complexity index is 564. The number of benzene rings is 1. The van der Waals surface area contributed by atoms with E-state index in [1.807, 2.05) is 17.9 Å². The molecule has 0 aliphatic heterocycles. The number of anilines is 2. The summed E-state index contributed by atoms with van der Waals surface area (Å²) >= 11 is 0. The first-order valence-corrected chi connectivity index (χ1v) is 6.12. The quantitative estimate of drug-likeness (QED) is 0.786. The molecule has 0 aliphatic rings. The zero-order valence-electron chi connectivity index (χ0n) is 10.9. The van der Waals surface area contributed by atoms with Crippen LogP contribution in [0.25, 0.3) is 0 Å². The van der Waals surface area contributed by atoms with Crippen molar-refractivity contribution in [3.05, 3.63) is 54.1 Å². The molecule has 1 aromatic heterocycles. The van der Waals surface area contributed by atoms with Crippen molar-refractivity contribution in [2.24, 2.45) is 0 Å². The Kier molecular flexibility index (Phi) is 3.90. The number of aromatic nitrogens is 1. The number of hydrogen-bond donors (Lipinski definition) is 0. The molecule has 0 saturated heterocycles. The normalized spacial score (nSPS) is 10.3. The molecule has 0 bridgehead atoms. The largest absolute Gasteiger partial charge is 0.341 e. The Morgan fingerprint density at radius 2 is 1.79 bits per heavy atom. The lowest BCUT2D eigenvalue weighted by molar-refractivity contribution is 0.101. The summed E-state index contributed by atoms with van der Waals surface area (Å²) in [6.45, 7) is 4.22. The number of ketones is 1. The highest BCUT2D eigenvalue weighted by molar-refractivity contribution is 5.92. The molecule has 98 valence electrons. The maximum absolute atomic E-state index is 12.9. The van der Waals surface area contributed by atoms with Crippen LogP contribution in [-0.2, 0) is 0 Å². The van der Waals surface area contributed by atoms with Crippen LogP contribution in [0.3, 0.4) is 0 Å². The van der Waals surface area contributed by atoms with Gasteiger partial charge in [0.05, 0.1) is 11.9 Å². The third-order valence-corrected chi connectivity index (χ3v) is 2.87. The topological polar surface area (TPSA) is 33.2 Å². The van der Waals surface area contributed by atoms with Crippen molar-refractivity contribution < 1.29 is 9.18 Å². The van der Waals surface area contributed by atoms with E-state index in [0.717, 1.165) is 17.9 Å². The molecule has 0 amide bonds. The first-order chi connectivity index (χ1) is 9.11. The van der Waals surface area contributed by atoms with Gasteiger partial charge in [0.25, 0.3) is 0 Å². The molecule has 1 heterocycles. The second-order valence-electron chi connectivity index (χ2n) is 4.18. The summed E-state index contributed by atoms with van der Waals surface area (Å²) in [7, 11) is 0. The van der Waals surface area contributed by atoms with Crippen LogP contribution in [0.1, 0.15) is 24.3 Å². The van der Waals surface area contributed by atoms with Gasteiger partial charge in [-0.25, -0.2) is 4.39 Å². The van der Waals surface area contributed by atoms with Gasteiger partial charge in [-0.15, -0.1) is 0 Å². The summed E-state index contributed by atoms with van der Waals surface area (Å²) in [5.41, 5.74) is 2.21. The van der Waals surface area contributed by atoms with E-state index in [9.17, 15) is 9.18 Å². The second-order valence-corrected chi connectivity index (χ2v) is 4.18. The third kappa shape index (κ3) is 2.96. The first kappa shape index (κ1) is 13.2. The van der Waals surface area contributed by atoms with E-state index < -0.39 is 0 Å². The number of Topliss-reactive ketones (excluding diaryl/α,β-unsaturated/α-hetero) is 1. The molecule has 0 radical (unpaired) electrons. The maximum Gasteiger partial charge on any atom is 0.178 e. The van der Waals surface area contributed by atoms with Gasteiger partial charge in [0.1, 0.15) is 11.5 Å². The molecule has 2 rings (SSSR count). The van der Waals surface area contributed by atoms with Crippen molar-refractivity contribution in [3.63, 3.8) is 0 Å². The Morgan fingerprint density at radius 3 is 2.26 bits per heavy atom. The van der Waals surface area contributed by atoms with Crippen LogP contribution in [0, 0.1) is 5.82 Å². The van der Waals surface area contributed by atoms with Crippen molar-refractivity contribution in [1.82, 2.24) is 4.98 Å². The molecule has 0 fully saturated rings. The standard InChI is InChI=1S/C15H15FN2O/c1-3-18(13-6-4-12(16)5-7-13)14-8-9-15(11(2)19)17-10-14/h4-10H,3H2,1-2H3. The fourth-order valence-corrected chi connectivity index (χ4v) is 1.89. The van der Waals surface area contributed by atoms with Crippen LogP contribution in [0.2, 0.25) is 0 Å². The number of carbonyl (C=O) groups excluding carboxylic acids is 1. The van der Waals surface area contributed by atoms with E-state index in [0.29, 0.717) is 5.69 Å². The molecule has 19 heavy (non-hydrogen) atoms. The SMILES string of the molecule is CCN(c1ccc(F)cc1)c1ccc(C(C)=O)nc1. The van der Waals surface area contributed by atoms with Gasteiger partial charge in [0, 0.05) is 19.2 Å². The highest BCUT2D eigenvalue weighted by Gasteiger charge is 2.08. The zero-order valence-corrected chi connectivity index (χ0v) is 10.9. The van der Waals surface area contributed by atoms with Crippen LogP contribution in [0.4, 0.5) is 15.8 Å². The Balaban J connectivity index is 2.31. The molecule has 0 saturated carbocycles. The van der Waals surface area contributed by atoms with E-state index in [-0.39, 0.29) is 11.6 Å². The van der Waals surface area contributed by atoms with Crippen LogP contribution in [0.5, 0.6) is 0 Å². The van der Waals surface area contributed by atoms with E-state index in [4.69, 9.17) is 0 Å². The number of nitrogens with zero attached hydrogens (tertiary/aromatic N) is 2. The molecule has 0 spiro atoms. The van der Waals surface area contributed by atoms with Crippen LogP contribution >= 0.6 is 0 Å². The molecular weight excluding hydrogens is 243 g/mol. The molecule has 1 aromatic carbocycles. The van der Waals surface area contributed by atoms with Gasteiger partial charge in [-0.3, -0.25) is 9.78 Å². The van der Waals surface area contributed by atoms with Gasteiger partial charge in [-0.05, 0) is 43.3 Å². The van der Waals surface area contributed by atoms with Crippen molar-refractivity contribution >= 4 is 17.2 Å². The van der Waals surface area contributed by atoms with Crippen molar-refractivity contribution in [3.8, 4) is 0 Å². The lowest BCUT2D eigenvalue weighted by Gasteiger charge is -2.22. The number of halogens is 1. The number of rotatable bonds is 4. The lowest BCUT2D eigenvalue weighted by atomic mass is 10.2. The molecule has 3 nitrogen and oxygen atoms in total. The summed E-state index contributed by atoms with van der Waals surface area (Å²) in [5.74, 6) is -0.318. The second kappa shape index (κ2) is 5.61. The van der Waals surface area contributed by atoms with E-state index in [1.54, 1.807) is 24.4 Å². The Morgan fingerprint density at radius 1 is 1.16 bits per heavy atom. The third-order valence-electron chi connectivity index (χ3n) is 2.87. The Labute approximate surface area is 111 Å². The molecule has 0 N–H and O–H groups in total. The fourth-order valence-electron chi connectivity index (χ4n) is 1.89. The smallest absolute Gasteiger partial charge is 0.178 e. The van der Waals surface area contributed by atoms with Gasteiger partial charge in [0.15, 0.2) is 5.78 Å². The summed E-state index contributed by atoms with van der Waals surface area (Å²) in [6, 6.07) is 9.83. The van der Waals surface area contributed by atoms with E-state index in [1.165, 1.54) is 19.1 Å². The van der Waals surface area contributed by atoms with Crippen molar-refractivity contribution in [2.45, 2.75) is 13.8 Å². The highest BCUT2D eigenvalue weighted by Crippen LogP contribution is 2.24. The van der Waals surface area contributed by atoms with E-state index in [2.05, 4.69) is 4.98 Å². The molecule has 0 aliphatic carbocycles. The van der Waals surface area contributed by atoms with Gasteiger partial charge in [0.2, 0.25) is 0 Å².